The maximum absolute atomic E-state index is 12.5. The van der Waals surface area contributed by atoms with E-state index in [9.17, 15) is 4.79 Å². The first-order valence-corrected chi connectivity index (χ1v) is 12.5. The van der Waals surface area contributed by atoms with Crippen LogP contribution in [-0.4, -0.2) is 77.4 Å². The summed E-state index contributed by atoms with van der Waals surface area (Å²) in [5.74, 6) is 0.585. The molecular weight excluding hydrogens is 488 g/mol. The Kier molecular flexibility index (Phi) is 7.50. The minimum atomic E-state index is -0.00432. The van der Waals surface area contributed by atoms with Gasteiger partial charge in [0.05, 0.1) is 24.4 Å². The van der Waals surface area contributed by atoms with Crippen LogP contribution in [0.1, 0.15) is 0 Å². The summed E-state index contributed by atoms with van der Waals surface area (Å²) in [5, 5.41) is 8.46. The third-order valence-corrected chi connectivity index (χ3v) is 6.82. The summed E-state index contributed by atoms with van der Waals surface area (Å²) >= 11 is 6.26. The number of benzene rings is 2. The molecule has 8 nitrogen and oxygen atoms in total. The van der Waals surface area contributed by atoms with Crippen molar-refractivity contribution >= 4 is 23.2 Å². The molecule has 37 heavy (non-hydrogen) atoms. The lowest BCUT2D eigenvalue weighted by atomic mass is 10.0. The lowest BCUT2D eigenvalue weighted by molar-refractivity contribution is -0.117. The van der Waals surface area contributed by atoms with E-state index in [0.29, 0.717) is 17.3 Å². The van der Waals surface area contributed by atoms with Crippen LogP contribution < -0.4 is 10.1 Å². The molecule has 4 aromatic rings. The van der Waals surface area contributed by atoms with Crippen molar-refractivity contribution in [3.63, 3.8) is 0 Å². The highest BCUT2D eigenvalue weighted by Crippen LogP contribution is 2.35. The van der Waals surface area contributed by atoms with E-state index >= 15 is 0 Å². The average molecular weight is 517 g/mol. The molecule has 1 saturated heterocycles. The third kappa shape index (κ3) is 5.83. The minimum absolute atomic E-state index is 0.00432. The van der Waals surface area contributed by atoms with Crippen LogP contribution in [0.3, 0.4) is 0 Å². The zero-order valence-corrected chi connectivity index (χ0v) is 21.7. The summed E-state index contributed by atoms with van der Waals surface area (Å²) in [7, 11) is 3.70. The van der Waals surface area contributed by atoms with Crippen molar-refractivity contribution in [2.75, 3.05) is 52.2 Å². The Balaban J connectivity index is 1.38. The van der Waals surface area contributed by atoms with Gasteiger partial charge in [-0.15, -0.1) is 0 Å². The third-order valence-electron chi connectivity index (χ3n) is 6.51. The summed E-state index contributed by atoms with van der Waals surface area (Å²) in [4.78, 5) is 21.1. The molecule has 1 aliphatic heterocycles. The molecule has 0 radical (unpaired) electrons. The Labute approximate surface area is 221 Å². The number of anilines is 1. The largest absolute Gasteiger partial charge is 0.495 e. The standard InChI is InChI=1S/C28H29ClN6O2/c1-33-13-15-34(16-14-33)19-27(36)31-22-4-6-23(7-5-22)35-18-24(20-9-11-30-12-10-20)28(32-35)21-3-8-25(29)26(17-21)37-2/h3-12,17-18H,13-16,19H2,1-2H3,(H,31,36). The van der Waals surface area contributed by atoms with E-state index in [-0.39, 0.29) is 5.91 Å². The number of methoxy groups -OCH3 is 1. The van der Waals surface area contributed by atoms with E-state index in [1.165, 1.54) is 0 Å². The molecule has 1 fully saturated rings. The molecule has 0 unspecified atom stereocenters. The predicted molar refractivity (Wildman–Crippen MR) is 146 cm³/mol. The zero-order valence-electron chi connectivity index (χ0n) is 20.9. The zero-order chi connectivity index (χ0) is 25.8. The first-order chi connectivity index (χ1) is 18.0. The Morgan fingerprint density at radius 2 is 1.73 bits per heavy atom. The first kappa shape index (κ1) is 25.0. The van der Waals surface area contributed by atoms with Gasteiger partial charge in [-0.2, -0.15) is 5.10 Å². The Hall–Kier alpha value is -3.72. The van der Waals surface area contributed by atoms with Gasteiger partial charge in [0.1, 0.15) is 11.4 Å². The number of carbonyl (C=O) groups is 1. The quantitative estimate of drug-likeness (QED) is 0.391. The minimum Gasteiger partial charge on any atom is -0.495 e. The maximum atomic E-state index is 12.5. The number of halogens is 1. The number of pyridine rings is 1. The van der Waals surface area contributed by atoms with Gasteiger partial charge in [0.2, 0.25) is 5.91 Å². The second-order valence-corrected chi connectivity index (χ2v) is 9.50. The molecule has 0 spiro atoms. The molecule has 5 rings (SSSR count). The van der Waals surface area contributed by atoms with Crippen LogP contribution >= 0.6 is 11.6 Å². The molecule has 190 valence electrons. The molecule has 1 aliphatic rings. The first-order valence-electron chi connectivity index (χ1n) is 12.2. The van der Waals surface area contributed by atoms with Crippen molar-refractivity contribution in [3.05, 3.63) is 78.2 Å². The van der Waals surface area contributed by atoms with Crippen LogP contribution in [0.25, 0.3) is 28.1 Å². The predicted octanol–water partition coefficient (Wildman–Crippen LogP) is 4.45. The Morgan fingerprint density at radius 3 is 2.43 bits per heavy atom. The number of hydrogen-bond acceptors (Lipinski definition) is 6. The lowest BCUT2D eigenvalue weighted by Crippen LogP contribution is -2.47. The molecule has 9 heteroatoms. The van der Waals surface area contributed by atoms with Crippen LogP contribution in [0.5, 0.6) is 5.75 Å². The highest BCUT2D eigenvalue weighted by molar-refractivity contribution is 6.32. The molecule has 0 atom stereocenters. The number of ether oxygens (including phenoxy) is 1. The molecule has 2 aromatic heterocycles. The SMILES string of the molecule is COc1cc(-c2nn(-c3ccc(NC(=O)CN4CCN(C)CC4)cc3)cc2-c2ccncc2)ccc1Cl. The summed E-state index contributed by atoms with van der Waals surface area (Å²) in [6.07, 6.45) is 5.52. The molecule has 0 saturated carbocycles. The number of aromatic nitrogens is 3. The van der Waals surface area contributed by atoms with Gasteiger partial charge >= 0.3 is 0 Å². The molecular formula is C28H29ClN6O2. The fourth-order valence-electron chi connectivity index (χ4n) is 4.38. The van der Waals surface area contributed by atoms with E-state index in [4.69, 9.17) is 21.4 Å². The number of carbonyl (C=O) groups excluding carboxylic acids is 1. The number of nitrogens with zero attached hydrogens (tertiary/aromatic N) is 5. The van der Waals surface area contributed by atoms with Gasteiger partial charge < -0.3 is 15.0 Å². The maximum Gasteiger partial charge on any atom is 0.238 e. The van der Waals surface area contributed by atoms with Gasteiger partial charge in [0, 0.05) is 61.6 Å². The van der Waals surface area contributed by atoms with E-state index in [1.54, 1.807) is 19.5 Å². The van der Waals surface area contributed by atoms with Crippen LogP contribution in [0, 0.1) is 0 Å². The smallest absolute Gasteiger partial charge is 0.238 e. The average Bonchev–Trinajstić information content (AvgIpc) is 3.37. The Bertz CT molecular complexity index is 1370. The number of hydrogen-bond donors (Lipinski definition) is 1. The van der Waals surface area contributed by atoms with Gasteiger partial charge in [0.15, 0.2) is 0 Å². The summed E-state index contributed by atoms with van der Waals surface area (Å²) in [6.45, 7) is 4.18. The van der Waals surface area contributed by atoms with Crippen molar-refractivity contribution in [2.45, 2.75) is 0 Å². The van der Waals surface area contributed by atoms with Gasteiger partial charge in [0.25, 0.3) is 0 Å². The van der Waals surface area contributed by atoms with Gasteiger partial charge in [-0.25, -0.2) is 4.68 Å². The number of piperazine rings is 1. The molecule has 0 aliphatic carbocycles. The normalized spacial score (nSPS) is 14.5. The van der Waals surface area contributed by atoms with E-state index < -0.39 is 0 Å². The molecule has 0 bridgehead atoms. The van der Waals surface area contributed by atoms with Crippen molar-refractivity contribution in [1.82, 2.24) is 24.6 Å². The second-order valence-electron chi connectivity index (χ2n) is 9.10. The highest BCUT2D eigenvalue weighted by Gasteiger charge is 2.18. The van der Waals surface area contributed by atoms with Crippen LogP contribution in [0.4, 0.5) is 5.69 Å². The Morgan fingerprint density at radius 1 is 1.00 bits per heavy atom. The van der Waals surface area contributed by atoms with Gasteiger partial charge in [-0.05, 0) is 61.1 Å². The molecule has 1 N–H and O–H groups in total. The van der Waals surface area contributed by atoms with Gasteiger partial charge in [-0.1, -0.05) is 17.7 Å². The van der Waals surface area contributed by atoms with Crippen molar-refractivity contribution < 1.29 is 9.53 Å². The van der Waals surface area contributed by atoms with E-state index in [2.05, 4.69) is 27.1 Å². The van der Waals surface area contributed by atoms with Crippen molar-refractivity contribution in [2.24, 2.45) is 0 Å². The molecule has 3 heterocycles. The summed E-state index contributed by atoms with van der Waals surface area (Å²) < 4.78 is 7.26. The topological polar surface area (TPSA) is 75.5 Å². The number of rotatable bonds is 7. The number of nitrogens with one attached hydrogen (secondary N) is 1. The van der Waals surface area contributed by atoms with Crippen LogP contribution in [-0.2, 0) is 4.79 Å². The fourth-order valence-corrected chi connectivity index (χ4v) is 4.57. The second kappa shape index (κ2) is 11.1. The molecule has 2 aromatic carbocycles. The lowest BCUT2D eigenvalue weighted by Gasteiger charge is -2.31. The molecule has 1 amide bonds. The van der Waals surface area contributed by atoms with E-state index in [0.717, 1.165) is 59.9 Å². The fraction of sp³-hybridized carbons (Fsp3) is 0.250. The highest BCUT2D eigenvalue weighted by atomic mass is 35.5. The van der Waals surface area contributed by atoms with Crippen molar-refractivity contribution in [3.8, 4) is 33.8 Å². The van der Waals surface area contributed by atoms with Crippen LogP contribution in [0.15, 0.2) is 73.2 Å². The van der Waals surface area contributed by atoms with Gasteiger partial charge in [-0.3, -0.25) is 14.7 Å². The van der Waals surface area contributed by atoms with Crippen LogP contribution in [0.2, 0.25) is 5.02 Å². The summed E-state index contributed by atoms with van der Waals surface area (Å²) in [5.41, 5.74) is 5.27. The summed E-state index contributed by atoms with van der Waals surface area (Å²) in [6, 6.07) is 17.2. The number of amides is 1. The number of likely N-dealkylation sites (N-methyl/N-ethyl adjacent to an activating group) is 1. The monoisotopic (exact) mass is 516 g/mol. The van der Waals surface area contributed by atoms with Crippen molar-refractivity contribution in [1.29, 1.82) is 0 Å². The van der Waals surface area contributed by atoms with E-state index in [1.807, 2.05) is 65.5 Å².